The van der Waals surface area contributed by atoms with Crippen LogP contribution in [0, 0.1) is 0 Å². The molecule has 3 aromatic carbocycles. The fourth-order valence-electron chi connectivity index (χ4n) is 5.31. The summed E-state index contributed by atoms with van der Waals surface area (Å²) in [5.74, 6) is 0.933. The predicted octanol–water partition coefficient (Wildman–Crippen LogP) is 7.72. The van der Waals surface area contributed by atoms with Gasteiger partial charge < -0.3 is 4.90 Å². The van der Waals surface area contributed by atoms with E-state index in [1.165, 1.54) is 37.9 Å². The van der Waals surface area contributed by atoms with Crippen molar-refractivity contribution in [2.75, 3.05) is 19.6 Å². The maximum Gasteiger partial charge on any atom is 0.231 e. The normalized spacial score (nSPS) is 14.6. The molecule has 0 spiro atoms. The Morgan fingerprint density at radius 3 is 1.88 bits per heavy atom. The number of piperidine rings is 1. The van der Waals surface area contributed by atoms with E-state index in [1.54, 1.807) is 0 Å². The van der Waals surface area contributed by atoms with Gasteiger partial charge in [0.25, 0.3) is 0 Å². The first-order chi connectivity index (χ1) is 15.8. The molecule has 0 N–H and O–H groups in total. The number of likely N-dealkylation sites (tertiary alicyclic amines) is 1. The Labute approximate surface area is 215 Å². The van der Waals surface area contributed by atoms with Gasteiger partial charge in [-0.3, -0.25) is 9.36 Å². The second-order valence-electron chi connectivity index (χ2n) is 9.10. The van der Waals surface area contributed by atoms with E-state index in [2.05, 4.69) is 59.5 Å². The van der Waals surface area contributed by atoms with Crippen LogP contribution in [-0.4, -0.2) is 35.0 Å². The van der Waals surface area contributed by atoms with Crippen LogP contribution in [0.25, 0.3) is 21.8 Å². The predicted molar refractivity (Wildman–Crippen MR) is 148 cm³/mol. The zero-order valence-corrected chi connectivity index (χ0v) is 21.2. The zero-order chi connectivity index (χ0) is 21.8. The number of rotatable bonds is 7. The van der Waals surface area contributed by atoms with Crippen molar-refractivity contribution in [3.8, 4) is 0 Å². The summed E-state index contributed by atoms with van der Waals surface area (Å²) in [5.41, 5.74) is 3.55. The first kappa shape index (κ1) is 26.3. The third-order valence-electron chi connectivity index (χ3n) is 7.05. The molecule has 1 aromatic heterocycles. The van der Waals surface area contributed by atoms with Gasteiger partial charge in [0, 0.05) is 17.2 Å². The number of halogens is 2. The van der Waals surface area contributed by atoms with Crippen molar-refractivity contribution >= 4 is 52.5 Å². The van der Waals surface area contributed by atoms with Gasteiger partial charge in [-0.1, -0.05) is 73.2 Å². The molecule has 0 amide bonds. The number of para-hydroxylation sites is 2. The molecule has 2 heterocycles. The standard InChI is InChI=1S/C29H32N2O.2ClH/c32-29(31-27-15-8-6-13-25(27)26-14-7-9-16-28(26)31)17-5-2-10-20-30-21-18-24(19-22-30)23-11-3-1-4-12-23;;/h1,3-4,6-9,11-16,24H,2,5,10,17-22H2;2*1H. The Bertz CT molecular complexity index is 1140. The van der Waals surface area contributed by atoms with E-state index in [0.717, 1.165) is 47.1 Å². The van der Waals surface area contributed by atoms with E-state index in [9.17, 15) is 4.79 Å². The van der Waals surface area contributed by atoms with Crippen LogP contribution in [-0.2, 0) is 0 Å². The molecule has 1 fully saturated rings. The van der Waals surface area contributed by atoms with Crippen LogP contribution in [0.4, 0.5) is 0 Å². The molecule has 0 atom stereocenters. The minimum Gasteiger partial charge on any atom is -0.303 e. The first-order valence-corrected chi connectivity index (χ1v) is 12.1. The molecule has 5 rings (SSSR count). The van der Waals surface area contributed by atoms with Crippen molar-refractivity contribution < 1.29 is 4.79 Å². The van der Waals surface area contributed by atoms with Crippen LogP contribution in [0.3, 0.4) is 0 Å². The van der Waals surface area contributed by atoms with E-state index in [0.29, 0.717) is 6.42 Å². The molecule has 5 heteroatoms. The molecule has 180 valence electrons. The van der Waals surface area contributed by atoms with Crippen LogP contribution in [0.2, 0.25) is 0 Å². The van der Waals surface area contributed by atoms with Crippen LogP contribution >= 0.6 is 24.8 Å². The molecule has 4 aromatic rings. The van der Waals surface area contributed by atoms with Gasteiger partial charge >= 0.3 is 0 Å². The average molecular weight is 498 g/mol. The summed E-state index contributed by atoms with van der Waals surface area (Å²) in [6.45, 7) is 3.55. The molecule has 0 aliphatic carbocycles. The highest BCUT2D eigenvalue weighted by Gasteiger charge is 2.20. The van der Waals surface area contributed by atoms with E-state index in [1.807, 2.05) is 28.8 Å². The molecular formula is C29H34Cl2N2O. The lowest BCUT2D eigenvalue weighted by Gasteiger charge is -2.32. The maximum absolute atomic E-state index is 13.1. The minimum atomic E-state index is 0. The SMILES string of the molecule is Cl.Cl.O=C(CCCCCN1CCC(c2ccccc2)CC1)n1c2ccccc2c2ccccc21. The number of hydrogen-bond acceptors (Lipinski definition) is 2. The number of aromatic nitrogens is 1. The Hall–Kier alpha value is -2.33. The van der Waals surface area contributed by atoms with Gasteiger partial charge in [0.15, 0.2) is 0 Å². The van der Waals surface area contributed by atoms with Crippen molar-refractivity contribution in [1.82, 2.24) is 9.47 Å². The number of hydrogen-bond donors (Lipinski definition) is 0. The van der Waals surface area contributed by atoms with Crippen molar-refractivity contribution in [3.05, 3.63) is 84.4 Å². The van der Waals surface area contributed by atoms with Gasteiger partial charge in [-0.15, -0.1) is 24.8 Å². The van der Waals surface area contributed by atoms with Crippen molar-refractivity contribution in [2.45, 2.75) is 44.4 Å². The third kappa shape index (κ3) is 5.66. The van der Waals surface area contributed by atoms with E-state index in [-0.39, 0.29) is 30.7 Å². The quantitative estimate of drug-likeness (QED) is 0.244. The Kier molecular flexibility index (Phi) is 9.58. The van der Waals surface area contributed by atoms with Crippen molar-refractivity contribution in [1.29, 1.82) is 0 Å². The van der Waals surface area contributed by atoms with Crippen LogP contribution in [0.1, 0.15) is 54.8 Å². The minimum absolute atomic E-state index is 0. The topological polar surface area (TPSA) is 25.2 Å². The number of benzene rings is 3. The summed E-state index contributed by atoms with van der Waals surface area (Å²) in [7, 11) is 0. The molecule has 34 heavy (non-hydrogen) atoms. The second kappa shape index (κ2) is 12.4. The Morgan fingerprint density at radius 1 is 0.706 bits per heavy atom. The number of fused-ring (bicyclic) bond motifs is 3. The summed E-state index contributed by atoms with van der Waals surface area (Å²) in [5, 5.41) is 2.32. The average Bonchev–Trinajstić information content (AvgIpc) is 3.19. The molecule has 0 bridgehead atoms. The molecule has 0 radical (unpaired) electrons. The molecule has 1 saturated heterocycles. The number of nitrogens with zero attached hydrogens (tertiary/aromatic N) is 2. The first-order valence-electron chi connectivity index (χ1n) is 12.1. The molecular weight excluding hydrogens is 463 g/mol. The van der Waals surface area contributed by atoms with Gasteiger partial charge in [-0.25, -0.2) is 0 Å². The summed E-state index contributed by atoms with van der Waals surface area (Å²) in [4.78, 5) is 15.7. The van der Waals surface area contributed by atoms with Gasteiger partial charge in [-0.2, -0.15) is 0 Å². The lowest BCUT2D eigenvalue weighted by molar-refractivity contribution is 0.0908. The third-order valence-corrected chi connectivity index (χ3v) is 7.05. The van der Waals surface area contributed by atoms with E-state index < -0.39 is 0 Å². The highest BCUT2D eigenvalue weighted by atomic mass is 35.5. The van der Waals surface area contributed by atoms with E-state index in [4.69, 9.17) is 0 Å². The molecule has 3 nitrogen and oxygen atoms in total. The Morgan fingerprint density at radius 2 is 1.26 bits per heavy atom. The van der Waals surface area contributed by atoms with Gasteiger partial charge in [0.1, 0.15) is 0 Å². The Balaban J connectivity index is 0.00000162. The van der Waals surface area contributed by atoms with Gasteiger partial charge in [-0.05, 0) is 68.9 Å². The zero-order valence-electron chi connectivity index (χ0n) is 19.6. The highest BCUT2D eigenvalue weighted by molar-refractivity contribution is 6.13. The van der Waals surface area contributed by atoms with Crippen LogP contribution < -0.4 is 0 Å². The van der Waals surface area contributed by atoms with Crippen molar-refractivity contribution in [2.24, 2.45) is 0 Å². The smallest absolute Gasteiger partial charge is 0.231 e. The molecule has 1 aliphatic rings. The maximum atomic E-state index is 13.1. The monoisotopic (exact) mass is 496 g/mol. The summed E-state index contributed by atoms with van der Waals surface area (Å²) in [6.07, 6.45) is 6.38. The van der Waals surface area contributed by atoms with Crippen molar-refractivity contribution in [3.63, 3.8) is 0 Å². The summed E-state index contributed by atoms with van der Waals surface area (Å²) < 4.78 is 1.93. The number of carbonyl (C=O) groups excluding carboxylic acids is 1. The second-order valence-corrected chi connectivity index (χ2v) is 9.10. The summed E-state index contributed by atoms with van der Waals surface area (Å²) in [6, 6.07) is 27.4. The van der Waals surface area contributed by atoms with Gasteiger partial charge in [0.2, 0.25) is 5.91 Å². The lowest BCUT2D eigenvalue weighted by Crippen LogP contribution is -2.33. The lowest BCUT2D eigenvalue weighted by atomic mass is 9.89. The number of unbranched alkanes of at least 4 members (excludes halogenated alkanes) is 2. The van der Waals surface area contributed by atoms with Gasteiger partial charge in [0.05, 0.1) is 11.0 Å². The fraction of sp³-hybridized carbons (Fsp3) is 0.345. The molecule has 0 unspecified atom stereocenters. The molecule has 1 aliphatic heterocycles. The fourth-order valence-corrected chi connectivity index (χ4v) is 5.31. The van der Waals surface area contributed by atoms with Crippen LogP contribution in [0.5, 0.6) is 0 Å². The van der Waals surface area contributed by atoms with Crippen LogP contribution in [0.15, 0.2) is 78.9 Å². The number of carbonyl (C=O) groups is 1. The largest absolute Gasteiger partial charge is 0.303 e. The van der Waals surface area contributed by atoms with E-state index >= 15 is 0 Å². The highest BCUT2D eigenvalue weighted by Crippen LogP contribution is 2.30. The summed E-state index contributed by atoms with van der Waals surface area (Å²) >= 11 is 0. The molecule has 0 saturated carbocycles.